The number of para-hydroxylation sites is 1. The fraction of sp³-hybridized carbons (Fsp3) is 0.0769. The summed E-state index contributed by atoms with van der Waals surface area (Å²) in [5.74, 6) is -0.854. The van der Waals surface area contributed by atoms with E-state index in [9.17, 15) is 14.9 Å². The van der Waals surface area contributed by atoms with Crippen LogP contribution in [0, 0.1) is 10.1 Å². The van der Waals surface area contributed by atoms with Crippen molar-refractivity contribution in [3.05, 3.63) is 62.3 Å². The Morgan fingerprint density at radius 2 is 2.05 bits per heavy atom. The molecule has 0 amide bonds. The van der Waals surface area contributed by atoms with Gasteiger partial charge in [0.1, 0.15) is 5.56 Å². The van der Waals surface area contributed by atoms with Crippen LogP contribution in [-0.2, 0) is 4.84 Å². The van der Waals surface area contributed by atoms with Gasteiger partial charge in [-0.15, -0.1) is 11.3 Å². The van der Waals surface area contributed by atoms with Crippen LogP contribution in [0.5, 0.6) is 0 Å². The molecule has 0 atom stereocenters. The van der Waals surface area contributed by atoms with Crippen LogP contribution in [0.2, 0.25) is 0 Å². The van der Waals surface area contributed by atoms with Crippen LogP contribution in [0.3, 0.4) is 0 Å². The van der Waals surface area contributed by atoms with Gasteiger partial charge in [0, 0.05) is 6.07 Å². The highest BCUT2D eigenvalue weighted by molar-refractivity contribution is 7.12. The molecule has 0 saturated carbocycles. The third-order valence-electron chi connectivity index (χ3n) is 2.46. The Morgan fingerprint density at radius 3 is 2.70 bits per heavy atom. The molecule has 0 unspecified atom stereocenters. The quantitative estimate of drug-likeness (QED) is 0.374. The number of carbonyl (C=O) groups excluding carboxylic acids is 1. The summed E-state index contributed by atoms with van der Waals surface area (Å²) in [4.78, 5) is 27.6. The minimum Gasteiger partial charge on any atom is -0.312 e. The monoisotopic (exact) mass is 290 g/mol. The van der Waals surface area contributed by atoms with E-state index in [0.29, 0.717) is 5.71 Å². The first-order valence-corrected chi connectivity index (χ1v) is 6.51. The van der Waals surface area contributed by atoms with Gasteiger partial charge >= 0.3 is 5.97 Å². The maximum atomic E-state index is 11.8. The third-order valence-corrected chi connectivity index (χ3v) is 3.44. The molecule has 0 bridgehead atoms. The van der Waals surface area contributed by atoms with E-state index in [0.717, 1.165) is 4.88 Å². The predicted molar refractivity (Wildman–Crippen MR) is 75.0 cm³/mol. The normalized spacial score (nSPS) is 11.2. The van der Waals surface area contributed by atoms with E-state index in [4.69, 9.17) is 4.84 Å². The Bertz CT molecular complexity index is 665. The largest absolute Gasteiger partial charge is 0.372 e. The number of nitro groups is 1. The van der Waals surface area contributed by atoms with E-state index in [1.165, 1.54) is 35.6 Å². The van der Waals surface area contributed by atoms with Crippen molar-refractivity contribution in [3.8, 4) is 0 Å². The second-order valence-corrected chi connectivity index (χ2v) is 4.75. The Kier molecular flexibility index (Phi) is 4.21. The van der Waals surface area contributed by atoms with E-state index in [1.54, 1.807) is 6.92 Å². The van der Waals surface area contributed by atoms with Crippen LogP contribution in [0.15, 0.2) is 46.9 Å². The predicted octanol–water partition coefficient (Wildman–Crippen LogP) is 3.24. The minimum absolute atomic E-state index is 0.125. The Hall–Kier alpha value is -2.54. The molecule has 7 heteroatoms. The van der Waals surface area contributed by atoms with Crippen LogP contribution in [0.4, 0.5) is 5.69 Å². The average Bonchev–Trinajstić information content (AvgIpc) is 2.98. The van der Waals surface area contributed by atoms with Gasteiger partial charge in [0.05, 0.1) is 15.5 Å². The molecular formula is C13H10N2O4S. The summed E-state index contributed by atoms with van der Waals surface area (Å²) in [5, 5.41) is 16.4. The maximum Gasteiger partial charge on any atom is 0.372 e. The number of rotatable bonds is 4. The number of nitrogens with zero attached hydrogens (tertiary/aromatic N) is 2. The second kappa shape index (κ2) is 6.07. The summed E-state index contributed by atoms with van der Waals surface area (Å²) in [7, 11) is 0. The zero-order chi connectivity index (χ0) is 14.5. The molecule has 0 aliphatic carbocycles. The minimum atomic E-state index is -0.854. The van der Waals surface area contributed by atoms with Gasteiger partial charge < -0.3 is 4.84 Å². The van der Waals surface area contributed by atoms with Gasteiger partial charge in [-0.25, -0.2) is 4.79 Å². The first-order valence-electron chi connectivity index (χ1n) is 5.63. The number of hydrogen-bond donors (Lipinski definition) is 0. The van der Waals surface area contributed by atoms with Crippen molar-refractivity contribution in [2.75, 3.05) is 0 Å². The SMILES string of the molecule is CC(=NOC(=O)c1ccccc1[N+](=O)[O-])c1cccs1. The van der Waals surface area contributed by atoms with E-state index < -0.39 is 10.9 Å². The van der Waals surface area contributed by atoms with Gasteiger partial charge in [-0.2, -0.15) is 0 Å². The second-order valence-electron chi connectivity index (χ2n) is 3.81. The molecule has 0 fully saturated rings. The van der Waals surface area contributed by atoms with Gasteiger partial charge in [-0.3, -0.25) is 10.1 Å². The van der Waals surface area contributed by atoms with Crippen LogP contribution in [-0.4, -0.2) is 16.6 Å². The highest BCUT2D eigenvalue weighted by atomic mass is 32.1. The zero-order valence-corrected chi connectivity index (χ0v) is 11.3. The highest BCUT2D eigenvalue weighted by Crippen LogP contribution is 2.19. The summed E-state index contributed by atoms with van der Waals surface area (Å²) in [5.41, 5.74) is 0.105. The molecule has 1 heterocycles. The van der Waals surface area contributed by atoms with E-state index in [2.05, 4.69) is 5.16 Å². The fourth-order valence-corrected chi connectivity index (χ4v) is 2.16. The first-order chi connectivity index (χ1) is 9.59. The summed E-state index contributed by atoms with van der Waals surface area (Å²) in [6, 6.07) is 9.27. The van der Waals surface area contributed by atoms with Gasteiger partial charge in [-0.05, 0) is 24.4 Å². The molecule has 6 nitrogen and oxygen atoms in total. The fourth-order valence-electron chi connectivity index (χ4n) is 1.49. The van der Waals surface area contributed by atoms with Crippen molar-refractivity contribution in [2.45, 2.75) is 6.92 Å². The van der Waals surface area contributed by atoms with Crippen LogP contribution in [0.1, 0.15) is 22.2 Å². The lowest BCUT2D eigenvalue weighted by atomic mass is 10.2. The molecule has 0 aliphatic heterocycles. The van der Waals surface area contributed by atoms with Crippen LogP contribution < -0.4 is 0 Å². The lowest BCUT2D eigenvalue weighted by molar-refractivity contribution is -0.385. The summed E-state index contributed by atoms with van der Waals surface area (Å²) < 4.78 is 0. The number of nitro benzene ring substituents is 1. The summed E-state index contributed by atoms with van der Waals surface area (Å²) >= 11 is 1.46. The molecule has 1 aromatic carbocycles. The number of hydrogen-bond acceptors (Lipinski definition) is 6. The molecule has 0 saturated heterocycles. The third kappa shape index (κ3) is 3.07. The highest BCUT2D eigenvalue weighted by Gasteiger charge is 2.20. The van der Waals surface area contributed by atoms with Crippen molar-refractivity contribution in [3.63, 3.8) is 0 Å². The molecule has 0 radical (unpaired) electrons. The van der Waals surface area contributed by atoms with Crippen LogP contribution in [0.25, 0.3) is 0 Å². The Morgan fingerprint density at radius 1 is 1.30 bits per heavy atom. The Labute approximate surface area is 118 Å². The van der Waals surface area contributed by atoms with E-state index >= 15 is 0 Å². The van der Waals surface area contributed by atoms with Gasteiger partial charge in [0.25, 0.3) is 5.69 Å². The van der Waals surface area contributed by atoms with Gasteiger partial charge in [-0.1, -0.05) is 23.4 Å². The lowest BCUT2D eigenvalue weighted by Gasteiger charge is -2.00. The zero-order valence-electron chi connectivity index (χ0n) is 10.5. The van der Waals surface area contributed by atoms with Gasteiger partial charge in [0.15, 0.2) is 0 Å². The summed E-state index contributed by atoms with van der Waals surface area (Å²) in [6.45, 7) is 1.69. The molecule has 0 N–H and O–H groups in total. The molecule has 1 aromatic heterocycles. The Balaban J connectivity index is 2.17. The van der Waals surface area contributed by atoms with Crippen molar-refractivity contribution in [1.82, 2.24) is 0 Å². The molecular weight excluding hydrogens is 280 g/mol. The number of benzene rings is 1. The van der Waals surface area contributed by atoms with Gasteiger partial charge in [0.2, 0.25) is 0 Å². The topological polar surface area (TPSA) is 81.8 Å². The summed E-state index contributed by atoms with van der Waals surface area (Å²) in [6.07, 6.45) is 0. The first kappa shape index (κ1) is 13.9. The molecule has 2 aromatic rings. The average molecular weight is 290 g/mol. The molecule has 0 aliphatic rings. The molecule has 0 spiro atoms. The smallest absolute Gasteiger partial charge is 0.312 e. The number of oxime groups is 1. The molecule has 20 heavy (non-hydrogen) atoms. The van der Waals surface area contributed by atoms with Crippen molar-refractivity contribution < 1.29 is 14.6 Å². The maximum absolute atomic E-state index is 11.8. The van der Waals surface area contributed by atoms with E-state index in [1.807, 2.05) is 17.5 Å². The molecule has 2 rings (SSSR count). The van der Waals surface area contributed by atoms with Crippen molar-refractivity contribution in [1.29, 1.82) is 0 Å². The van der Waals surface area contributed by atoms with Crippen molar-refractivity contribution >= 4 is 28.7 Å². The van der Waals surface area contributed by atoms with Crippen LogP contribution >= 0.6 is 11.3 Å². The number of thiophene rings is 1. The number of carbonyl (C=O) groups is 1. The molecule has 102 valence electrons. The lowest BCUT2D eigenvalue weighted by Crippen LogP contribution is -2.06. The standard InChI is InChI=1S/C13H10N2O4S/c1-9(12-7-4-8-20-12)14-19-13(16)10-5-2-3-6-11(10)15(17)18/h2-8H,1H3. The van der Waals surface area contributed by atoms with E-state index in [-0.39, 0.29) is 11.3 Å². The van der Waals surface area contributed by atoms with Crippen molar-refractivity contribution in [2.24, 2.45) is 5.16 Å².